The zero-order chi connectivity index (χ0) is 11.1. The molecule has 0 unspecified atom stereocenters. The molecule has 1 aromatic rings. The number of benzene rings is 1. The quantitative estimate of drug-likeness (QED) is 0.583. The summed E-state index contributed by atoms with van der Waals surface area (Å²) in [5, 5.41) is 8.90. The number of hydrogen-bond acceptors (Lipinski definition) is 2. The fraction of sp³-hybridized carbons (Fsp3) is 0.364. The standard InChI is InChI=1S/C11H11Cl2NO/c12-8-9-3-4-11(10(13)7-9)15-6-2-1-5-14/h3-4,7H,1-2,6,8H2. The molecule has 1 rings (SSSR count). The Bertz CT molecular complexity index is 360. The molecule has 0 spiro atoms. The maximum Gasteiger partial charge on any atom is 0.137 e. The molecule has 0 saturated carbocycles. The number of hydrogen-bond donors (Lipinski definition) is 0. The summed E-state index contributed by atoms with van der Waals surface area (Å²) in [4.78, 5) is 0. The van der Waals surface area contributed by atoms with E-state index < -0.39 is 0 Å². The highest BCUT2D eigenvalue weighted by molar-refractivity contribution is 6.32. The Kier molecular flexibility index (Phi) is 5.31. The van der Waals surface area contributed by atoms with Crippen LogP contribution in [0.25, 0.3) is 0 Å². The molecule has 0 amide bonds. The second-order valence-electron chi connectivity index (χ2n) is 3.01. The third kappa shape index (κ3) is 3.99. The normalized spacial score (nSPS) is 9.67. The van der Waals surface area contributed by atoms with E-state index in [1.807, 2.05) is 6.07 Å². The van der Waals surface area contributed by atoms with Crippen LogP contribution in [-0.4, -0.2) is 6.61 Å². The molecule has 80 valence electrons. The van der Waals surface area contributed by atoms with Crippen molar-refractivity contribution >= 4 is 23.2 Å². The van der Waals surface area contributed by atoms with Gasteiger partial charge in [-0.15, -0.1) is 11.6 Å². The smallest absolute Gasteiger partial charge is 0.137 e. The van der Waals surface area contributed by atoms with Gasteiger partial charge in [0, 0.05) is 12.3 Å². The van der Waals surface area contributed by atoms with Crippen LogP contribution in [0.2, 0.25) is 5.02 Å². The van der Waals surface area contributed by atoms with Crippen LogP contribution in [-0.2, 0) is 5.88 Å². The molecule has 2 nitrogen and oxygen atoms in total. The van der Waals surface area contributed by atoms with Gasteiger partial charge < -0.3 is 4.74 Å². The van der Waals surface area contributed by atoms with Crippen LogP contribution in [0.5, 0.6) is 5.75 Å². The first kappa shape index (κ1) is 12.2. The Morgan fingerprint density at radius 3 is 2.80 bits per heavy atom. The second kappa shape index (κ2) is 6.55. The lowest BCUT2D eigenvalue weighted by atomic mass is 10.2. The predicted molar refractivity (Wildman–Crippen MR) is 61.4 cm³/mol. The molecule has 0 aliphatic heterocycles. The van der Waals surface area contributed by atoms with Crippen molar-refractivity contribution in [3.8, 4) is 11.8 Å². The number of nitrogens with zero attached hydrogens (tertiary/aromatic N) is 1. The first-order valence-corrected chi connectivity index (χ1v) is 5.53. The van der Waals surface area contributed by atoms with Crippen LogP contribution < -0.4 is 4.74 Å². The van der Waals surface area contributed by atoms with Crippen LogP contribution in [0.15, 0.2) is 18.2 Å². The Morgan fingerprint density at radius 1 is 1.40 bits per heavy atom. The van der Waals surface area contributed by atoms with Crippen LogP contribution >= 0.6 is 23.2 Å². The maximum absolute atomic E-state index is 8.34. The minimum atomic E-state index is 0.439. The van der Waals surface area contributed by atoms with E-state index in [1.54, 1.807) is 12.1 Å². The van der Waals surface area contributed by atoms with Crippen molar-refractivity contribution in [2.45, 2.75) is 18.7 Å². The summed E-state index contributed by atoms with van der Waals surface area (Å²) in [5.74, 6) is 1.08. The second-order valence-corrected chi connectivity index (χ2v) is 3.68. The van der Waals surface area contributed by atoms with E-state index in [9.17, 15) is 0 Å². The summed E-state index contributed by atoms with van der Waals surface area (Å²) in [6, 6.07) is 7.51. The molecule has 0 aliphatic carbocycles. The van der Waals surface area contributed by atoms with E-state index in [0.717, 1.165) is 5.56 Å². The third-order valence-electron chi connectivity index (χ3n) is 1.84. The van der Waals surface area contributed by atoms with Crippen LogP contribution in [0, 0.1) is 11.3 Å². The zero-order valence-corrected chi connectivity index (χ0v) is 9.68. The van der Waals surface area contributed by atoms with Gasteiger partial charge in [0.1, 0.15) is 5.75 Å². The van der Waals surface area contributed by atoms with Crippen molar-refractivity contribution in [3.63, 3.8) is 0 Å². The summed E-state index contributed by atoms with van der Waals surface area (Å²) < 4.78 is 5.41. The SMILES string of the molecule is N#CCCCOc1ccc(CCl)cc1Cl. The Hall–Kier alpha value is -0.910. The first-order chi connectivity index (χ1) is 7.27. The molecule has 0 atom stereocenters. The minimum Gasteiger partial charge on any atom is -0.492 e. The predicted octanol–water partition coefficient (Wildman–Crippen LogP) is 3.76. The first-order valence-electron chi connectivity index (χ1n) is 4.62. The third-order valence-corrected chi connectivity index (χ3v) is 2.45. The van der Waals surface area contributed by atoms with Gasteiger partial charge in [0.15, 0.2) is 0 Å². The van der Waals surface area contributed by atoms with Crippen LogP contribution in [0.1, 0.15) is 18.4 Å². The Morgan fingerprint density at radius 2 is 2.20 bits per heavy atom. The molecular weight excluding hydrogens is 233 g/mol. The fourth-order valence-electron chi connectivity index (χ4n) is 1.08. The highest BCUT2D eigenvalue weighted by atomic mass is 35.5. The molecule has 4 heteroatoms. The van der Waals surface area contributed by atoms with Crippen LogP contribution in [0.3, 0.4) is 0 Å². The van der Waals surface area contributed by atoms with E-state index >= 15 is 0 Å². The largest absolute Gasteiger partial charge is 0.492 e. The van der Waals surface area contributed by atoms with Gasteiger partial charge in [-0.3, -0.25) is 0 Å². The fourth-order valence-corrected chi connectivity index (χ4v) is 1.50. The van der Waals surface area contributed by atoms with Crippen molar-refractivity contribution in [2.24, 2.45) is 0 Å². The monoisotopic (exact) mass is 243 g/mol. The molecular formula is C11H11Cl2NO. The van der Waals surface area contributed by atoms with Gasteiger partial charge in [-0.25, -0.2) is 0 Å². The summed E-state index contributed by atoms with van der Waals surface area (Å²) >= 11 is 11.6. The number of nitriles is 1. The molecule has 0 radical (unpaired) electrons. The lowest BCUT2D eigenvalue weighted by Crippen LogP contribution is -1.97. The molecule has 0 fully saturated rings. The van der Waals surface area contributed by atoms with Crippen molar-refractivity contribution in [1.29, 1.82) is 5.26 Å². The highest BCUT2D eigenvalue weighted by Gasteiger charge is 2.02. The molecule has 0 N–H and O–H groups in total. The number of ether oxygens (including phenoxy) is 1. The summed E-state index contributed by atoms with van der Waals surface area (Å²) in [6.45, 7) is 0.507. The molecule has 0 bridgehead atoms. The molecule has 0 saturated heterocycles. The molecule has 0 aliphatic rings. The lowest BCUT2D eigenvalue weighted by Gasteiger charge is -2.07. The number of halogens is 2. The maximum atomic E-state index is 8.34. The summed E-state index contributed by atoms with van der Waals surface area (Å²) in [5.41, 5.74) is 0.964. The van der Waals surface area contributed by atoms with Gasteiger partial charge >= 0.3 is 0 Å². The zero-order valence-electron chi connectivity index (χ0n) is 8.17. The van der Waals surface area contributed by atoms with Gasteiger partial charge in [0.25, 0.3) is 0 Å². The lowest BCUT2D eigenvalue weighted by molar-refractivity contribution is 0.313. The van der Waals surface area contributed by atoms with Crippen LogP contribution in [0.4, 0.5) is 0 Å². The van der Waals surface area contributed by atoms with E-state index in [2.05, 4.69) is 6.07 Å². The van der Waals surface area contributed by atoms with Crippen molar-refractivity contribution in [2.75, 3.05) is 6.61 Å². The van der Waals surface area contributed by atoms with Crippen molar-refractivity contribution < 1.29 is 4.74 Å². The summed E-state index contributed by atoms with van der Waals surface area (Å²) in [6.07, 6.45) is 1.21. The number of unbranched alkanes of at least 4 members (excludes halogenated alkanes) is 1. The van der Waals surface area contributed by atoms with Gasteiger partial charge in [0.2, 0.25) is 0 Å². The van der Waals surface area contributed by atoms with Gasteiger partial charge in [-0.2, -0.15) is 5.26 Å². The average molecular weight is 244 g/mol. The molecule has 15 heavy (non-hydrogen) atoms. The Labute approximate surface area is 99.4 Å². The molecule has 1 aromatic carbocycles. The van der Waals surface area contributed by atoms with E-state index in [4.69, 9.17) is 33.2 Å². The van der Waals surface area contributed by atoms with E-state index in [-0.39, 0.29) is 0 Å². The summed E-state index contributed by atoms with van der Waals surface area (Å²) in [7, 11) is 0. The van der Waals surface area contributed by atoms with Crippen molar-refractivity contribution in [3.05, 3.63) is 28.8 Å². The average Bonchev–Trinajstić information content (AvgIpc) is 2.26. The Balaban J connectivity index is 2.51. The highest BCUT2D eigenvalue weighted by Crippen LogP contribution is 2.26. The van der Waals surface area contributed by atoms with E-state index in [0.29, 0.717) is 36.1 Å². The van der Waals surface area contributed by atoms with Gasteiger partial charge in [0.05, 0.1) is 17.7 Å². The van der Waals surface area contributed by atoms with E-state index in [1.165, 1.54) is 0 Å². The topological polar surface area (TPSA) is 33.0 Å². The minimum absolute atomic E-state index is 0.439. The number of rotatable bonds is 5. The van der Waals surface area contributed by atoms with Crippen molar-refractivity contribution in [1.82, 2.24) is 0 Å². The number of alkyl halides is 1. The van der Waals surface area contributed by atoms with Gasteiger partial charge in [-0.05, 0) is 24.1 Å². The molecule has 0 heterocycles. The van der Waals surface area contributed by atoms with Gasteiger partial charge in [-0.1, -0.05) is 17.7 Å². The molecule has 0 aromatic heterocycles.